The molecule has 114 valence electrons. The molecule has 0 bridgehead atoms. The third kappa shape index (κ3) is 7.31. The molecule has 1 rings (SSSR count). The lowest BCUT2D eigenvalue weighted by Crippen LogP contribution is -1.89. The summed E-state index contributed by atoms with van der Waals surface area (Å²) in [4.78, 5) is 0. The minimum atomic E-state index is 1.04. The van der Waals surface area contributed by atoms with Crippen LogP contribution in [-0.2, 0) is 0 Å². The maximum atomic E-state index is 4.01. The molecule has 0 fully saturated rings. The van der Waals surface area contributed by atoms with Crippen molar-refractivity contribution in [3.8, 4) is 0 Å². The lowest BCUT2D eigenvalue weighted by molar-refractivity contribution is 1.42. The largest absolute Gasteiger partial charge is 0.106 e. The summed E-state index contributed by atoms with van der Waals surface area (Å²) in [5, 5.41) is 0. The molecule has 0 aliphatic rings. The van der Waals surface area contributed by atoms with Crippen molar-refractivity contribution in [1.29, 1.82) is 0 Å². The zero-order chi connectivity index (χ0) is 16.8. The second-order valence-electron chi connectivity index (χ2n) is 4.18. The standard InChI is InChI=1S/C17H20.C2H6.C2H4/c1-6-8-17(16(7-2)13(3)4)15-11-9-14(5)10-12-15;2*1-2/h6-12H,2-3H2,1,4-5H3;1-2H3;1-2H2/b8-6-,17-16+;;. The first-order valence-electron chi connectivity index (χ1n) is 7.32. The molecule has 0 saturated heterocycles. The summed E-state index contributed by atoms with van der Waals surface area (Å²) in [6.45, 7) is 24.0. The highest BCUT2D eigenvalue weighted by atomic mass is 14.1. The molecule has 1 aromatic rings. The van der Waals surface area contributed by atoms with E-state index in [1.54, 1.807) is 0 Å². The Morgan fingerprint density at radius 1 is 1.05 bits per heavy atom. The number of benzene rings is 1. The van der Waals surface area contributed by atoms with Gasteiger partial charge in [0.2, 0.25) is 0 Å². The van der Waals surface area contributed by atoms with Crippen LogP contribution in [0.3, 0.4) is 0 Å². The van der Waals surface area contributed by atoms with Crippen LogP contribution in [-0.4, -0.2) is 0 Å². The summed E-state index contributed by atoms with van der Waals surface area (Å²) in [7, 11) is 0. The van der Waals surface area contributed by atoms with Gasteiger partial charge in [0.1, 0.15) is 0 Å². The highest BCUT2D eigenvalue weighted by Gasteiger charge is 2.04. The molecular formula is C21H30. The number of hydrogen-bond acceptors (Lipinski definition) is 0. The number of allylic oxidation sites excluding steroid dienone is 6. The predicted octanol–water partition coefficient (Wildman–Crippen LogP) is 6.92. The minimum Gasteiger partial charge on any atom is -0.106 e. The van der Waals surface area contributed by atoms with E-state index in [0.717, 1.165) is 11.1 Å². The fourth-order valence-electron chi connectivity index (χ4n) is 1.76. The predicted molar refractivity (Wildman–Crippen MR) is 101 cm³/mol. The van der Waals surface area contributed by atoms with Crippen molar-refractivity contribution < 1.29 is 0 Å². The van der Waals surface area contributed by atoms with E-state index in [4.69, 9.17) is 0 Å². The van der Waals surface area contributed by atoms with Crippen LogP contribution in [0.5, 0.6) is 0 Å². The molecule has 1 aromatic carbocycles. The second kappa shape index (κ2) is 12.9. The molecular weight excluding hydrogens is 252 g/mol. The van der Waals surface area contributed by atoms with Gasteiger partial charge >= 0.3 is 0 Å². The zero-order valence-corrected chi connectivity index (χ0v) is 14.4. The molecule has 0 radical (unpaired) electrons. The van der Waals surface area contributed by atoms with Crippen molar-refractivity contribution in [2.24, 2.45) is 0 Å². The lowest BCUT2D eigenvalue weighted by Gasteiger charge is -2.10. The monoisotopic (exact) mass is 282 g/mol. The molecule has 0 atom stereocenters. The number of aryl methyl sites for hydroxylation is 1. The van der Waals surface area contributed by atoms with Gasteiger partial charge in [-0.05, 0) is 37.5 Å². The molecule has 0 spiro atoms. The first-order valence-corrected chi connectivity index (χ1v) is 7.32. The van der Waals surface area contributed by atoms with E-state index in [-0.39, 0.29) is 0 Å². The summed E-state index contributed by atoms with van der Waals surface area (Å²) < 4.78 is 0. The first-order chi connectivity index (χ1) is 10.1. The van der Waals surface area contributed by atoms with Gasteiger partial charge in [0.25, 0.3) is 0 Å². The third-order valence-electron chi connectivity index (χ3n) is 2.65. The number of hydrogen-bond donors (Lipinski definition) is 0. The summed E-state index contributed by atoms with van der Waals surface area (Å²) >= 11 is 0. The highest BCUT2D eigenvalue weighted by molar-refractivity contribution is 5.81. The van der Waals surface area contributed by atoms with E-state index >= 15 is 0 Å². The van der Waals surface area contributed by atoms with Crippen LogP contribution in [0.15, 0.2) is 80.0 Å². The Morgan fingerprint density at radius 2 is 1.52 bits per heavy atom. The Labute approximate surface area is 131 Å². The molecule has 0 heteroatoms. The van der Waals surface area contributed by atoms with E-state index in [1.807, 2.05) is 39.8 Å². The Morgan fingerprint density at radius 3 is 1.86 bits per heavy atom. The smallest absolute Gasteiger partial charge is 0.0112 e. The van der Waals surface area contributed by atoms with Crippen LogP contribution in [0, 0.1) is 6.92 Å². The van der Waals surface area contributed by atoms with Crippen LogP contribution in [0.25, 0.3) is 5.57 Å². The molecule has 0 unspecified atom stereocenters. The normalized spacial score (nSPS) is 10.5. The van der Waals surface area contributed by atoms with Crippen molar-refractivity contribution in [2.45, 2.75) is 34.6 Å². The fraction of sp³-hybridized carbons (Fsp3) is 0.238. The Balaban J connectivity index is 0. The van der Waals surface area contributed by atoms with E-state index in [1.165, 1.54) is 16.7 Å². The van der Waals surface area contributed by atoms with E-state index < -0.39 is 0 Å². The Bertz CT molecular complexity index is 481. The highest BCUT2D eigenvalue weighted by Crippen LogP contribution is 2.25. The summed E-state index contributed by atoms with van der Waals surface area (Å²) in [5.74, 6) is 0. The molecule has 0 aliphatic carbocycles. The van der Waals surface area contributed by atoms with Crippen LogP contribution in [0.4, 0.5) is 0 Å². The second-order valence-corrected chi connectivity index (χ2v) is 4.18. The van der Waals surface area contributed by atoms with Crippen molar-refractivity contribution in [3.05, 3.63) is 91.1 Å². The van der Waals surface area contributed by atoms with E-state index in [2.05, 4.69) is 63.6 Å². The van der Waals surface area contributed by atoms with Crippen LogP contribution in [0.2, 0.25) is 0 Å². The average molecular weight is 282 g/mol. The fourth-order valence-corrected chi connectivity index (χ4v) is 1.76. The molecule has 0 aromatic heterocycles. The molecule has 0 N–H and O–H groups in total. The first kappa shape index (κ1) is 21.2. The van der Waals surface area contributed by atoms with Crippen LogP contribution >= 0.6 is 0 Å². The maximum absolute atomic E-state index is 4.01. The van der Waals surface area contributed by atoms with Gasteiger partial charge in [0, 0.05) is 0 Å². The molecule has 0 aliphatic heterocycles. The Hall–Kier alpha value is -2.08. The van der Waals surface area contributed by atoms with Crippen molar-refractivity contribution >= 4 is 5.57 Å². The van der Waals surface area contributed by atoms with Crippen molar-refractivity contribution in [2.75, 3.05) is 0 Å². The van der Waals surface area contributed by atoms with Gasteiger partial charge in [-0.25, -0.2) is 0 Å². The van der Waals surface area contributed by atoms with Gasteiger partial charge in [0.15, 0.2) is 0 Å². The van der Waals surface area contributed by atoms with Gasteiger partial charge in [0.05, 0.1) is 0 Å². The molecule has 0 heterocycles. The van der Waals surface area contributed by atoms with Gasteiger partial charge in [-0.15, -0.1) is 13.2 Å². The SMILES string of the molecule is C=C.C=C/C(C(=C)C)=C(/C=C\C)c1ccc(C)cc1.CC. The summed E-state index contributed by atoms with van der Waals surface area (Å²) in [5.41, 5.74) is 5.78. The quantitative estimate of drug-likeness (QED) is 0.415. The molecule has 21 heavy (non-hydrogen) atoms. The van der Waals surface area contributed by atoms with Crippen LogP contribution < -0.4 is 0 Å². The lowest BCUT2D eigenvalue weighted by atomic mass is 9.95. The van der Waals surface area contributed by atoms with Crippen LogP contribution in [0.1, 0.15) is 38.8 Å². The van der Waals surface area contributed by atoms with Gasteiger partial charge in [-0.2, -0.15) is 0 Å². The third-order valence-corrected chi connectivity index (χ3v) is 2.65. The summed E-state index contributed by atoms with van der Waals surface area (Å²) in [6.07, 6.45) is 6.02. The van der Waals surface area contributed by atoms with Gasteiger partial charge in [-0.3, -0.25) is 0 Å². The van der Waals surface area contributed by atoms with Crippen molar-refractivity contribution in [1.82, 2.24) is 0 Å². The summed E-state index contributed by atoms with van der Waals surface area (Å²) in [6, 6.07) is 8.52. The minimum absolute atomic E-state index is 1.04. The van der Waals surface area contributed by atoms with E-state index in [0.29, 0.717) is 0 Å². The molecule has 0 amide bonds. The van der Waals surface area contributed by atoms with E-state index in [9.17, 15) is 0 Å². The Kier molecular flexibility index (Phi) is 13.1. The number of rotatable bonds is 4. The van der Waals surface area contributed by atoms with Gasteiger partial charge in [-0.1, -0.05) is 80.6 Å². The topological polar surface area (TPSA) is 0 Å². The van der Waals surface area contributed by atoms with Gasteiger partial charge < -0.3 is 0 Å². The molecule has 0 saturated carbocycles. The maximum Gasteiger partial charge on any atom is -0.0112 e. The average Bonchev–Trinajstić information content (AvgIpc) is 2.52. The van der Waals surface area contributed by atoms with Crippen molar-refractivity contribution in [3.63, 3.8) is 0 Å². The molecule has 0 nitrogen and oxygen atoms in total. The zero-order valence-electron chi connectivity index (χ0n) is 14.4.